The molecule has 2 heteroatoms. The zero-order valence-electron chi connectivity index (χ0n) is 7.95. The molecule has 0 aromatic heterocycles. The smallest absolute Gasteiger partial charge is 0.119 e. The van der Waals surface area contributed by atoms with Crippen LogP contribution in [0, 0.1) is 11.3 Å². The van der Waals surface area contributed by atoms with E-state index in [0.29, 0.717) is 6.42 Å². The van der Waals surface area contributed by atoms with Gasteiger partial charge in [0, 0.05) is 6.42 Å². The minimum absolute atomic E-state index is 0.278. The Morgan fingerprint density at radius 3 is 2.92 bits per heavy atom. The highest BCUT2D eigenvalue weighted by Crippen LogP contribution is 2.22. The molecular weight excluding hydrogens is 162 g/mol. The SMILES string of the molecule is COc1cccc([C@H](C)CC#N)c1. The second-order valence-corrected chi connectivity index (χ2v) is 3.04. The summed E-state index contributed by atoms with van der Waals surface area (Å²) in [5.41, 5.74) is 1.15. The molecule has 0 fully saturated rings. The van der Waals surface area contributed by atoms with Crippen LogP contribution < -0.4 is 4.74 Å². The van der Waals surface area contributed by atoms with E-state index in [1.807, 2.05) is 31.2 Å². The average molecular weight is 175 g/mol. The van der Waals surface area contributed by atoms with E-state index in [1.54, 1.807) is 7.11 Å². The highest BCUT2D eigenvalue weighted by atomic mass is 16.5. The summed E-state index contributed by atoms with van der Waals surface area (Å²) in [4.78, 5) is 0. The van der Waals surface area contributed by atoms with Crippen molar-refractivity contribution in [1.82, 2.24) is 0 Å². The quantitative estimate of drug-likeness (QED) is 0.707. The molecule has 0 saturated carbocycles. The van der Waals surface area contributed by atoms with Crippen molar-refractivity contribution in [1.29, 1.82) is 5.26 Å². The molecule has 68 valence electrons. The molecule has 0 N–H and O–H groups in total. The number of rotatable bonds is 3. The van der Waals surface area contributed by atoms with Crippen LogP contribution in [0.15, 0.2) is 24.3 Å². The standard InChI is InChI=1S/C11H13NO/c1-9(6-7-12)10-4-3-5-11(8-10)13-2/h3-5,8-9H,6H2,1-2H3/t9-/m1/s1. The molecule has 0 radical (unpaired) electrons. The molecule has 0 spiro atoms. The Labute approximate surface area is 78.8 Å². The minimum Gasteiger partial charge on any atom is -0.497 e. The highest BCUT2D eigenvalue weighted by molar-refractivity contribution is 5.30. The molecule has 0 saturated heterocycles. The van der Waals surface area contributed by atoms with Crippen LogP contribution in [0.2, 0.25) is 0 Å². The number of hydrogen-bond acceptors (Lipinski definition) is 2. The molecule has 1 rings (SSSR count). The van der Waals surface area contributed by atoms with Gasteiger partial charge < -0.3 is 4.74 Å². The molecule has 0 aliphatic rings. The summed E-state index contributed by atoms with van der Waals surface area (Å²) in [6.45, 7) is 2.04. The number of hydrogen-bond donors (Lipinski definition) is 0. The lowest BCUT2D eigenvalue weighted by atomic mass is 9.98. The Morgan fingerprint density at radius 1 is 1.54 bits per heavy atom. The number of methoxy groups -OCH3 is 1. The fourth-order valence-electron chi connectivity index (χ4n) is 1.20. The third kappa shape index (κ3) is 2.48. The van der Waals surface area contributed by atoms with Gasteiger partial charge in [-0.1, -0.05) is 19.1 Å². The zero-order chi connectivity index (χ0) is 9.68. The molecule has 13 heavy (non-hydrogen) atoms. The second-order valence-electron chi connectivity index (χ2n) is 3.04. The maximum Gasteiger partial charge on any atom is 0.119 e. The van der Waals surface area contributed by atoms with E-state index in [9.17, 15) is 0 Å². The van der Waals surface area contributed by atoms with Crippen molar-refractivity contribution in [2.24, 2.45) is 0 Å². The number of nitriles is 1. The molecular formula is C11H13NO. The predicted molar refractivity (Wildman–Crippen MR) is 51.6 cm³/mol. The molecule has 0 heterocycles. The van der Waals surface area contributed by atoms with Crippen molar-refractivity contribution in [3.63, 3.8) is 0 Å². The third-order valence-electron chi connectivity index (χ3n) is 2.06. The summed E-state index contributed by atoms with van der Waals surface area (Å²) < 4.78 is 5.10. The first-order valence-electron chi connectivity index (χ1n) is 4.29. The van der Waals surface area contributed by atoms with Gasteiger partial charge in [0.05, 0.1) is 13.2 Å². The van der Waals surface area contributed by atoms with Gasteiger partial charge >= 0.3 is 0 Å². The summed E-state index contributed by atoms with van der Waals surface area (Å²) in [7, 11) is 1.65. The lowest BCUT2D eigenvalue weighted by Crippen LogP contribution is -1.92. The highest BCUT2D eigenvalue weighted by Gasteiger charge is 2.04. The molecule has 1 aromatic carbocycles. The lowest BCUT2D eigenvalue weighted by Gasteiger charge is -2.08. The van der Waals surface area contributed by atoms with Gasteiger partial charge in [-0.25, -0.2) is 0 Å². The molecule has 1 aromatic rings. The zero-order valence-corrected chi connectivity index (χ0v) is 7.95. The van der Waals surface area contributed by atoms with Gasteiger partial charge in [-0.3, -0.25) is 0 Å². The Hall–Kier alpha value is -1.49. The Morgan fingerprint density at radius 2 is 2.31 bits per heavy atom. The largest absolute Gasteiger partial charge is 0.497 e. The van der Waals surface area contributed by atoms with E-state index >= 15 is 0 Å². The van der Waals surface area contributed by atoms with Crippen molar-refractivity contribution in [3.05, 3.63) is 29.8 Å². The van der Waals surface area contributed by atoms with Gasteiger partial charge in [-0.05, 0) is 23.6 Å². The fourth-order valence-corrected chi connectivity index (χ4v) is 1.20. The van der Waals surface area contributed by atoms with Crippen LogP contribution in [0.1, 0.15) is 24.8 Å². The van der Waals surface area contributed by atoms with Gasteiger partial charge in [0.15, 0.2) is 0 Å². The number of benzene rings is 1. The van der Waals surface area contributed by atoms with Crippen LogP contribution >= 0.6 is 0 Å². The maximum atomic E-state index is 8.54. The predicted octanol–water partition coefficient (Wildman–Crippen LogP) is 2.71. The van der Waals surface area contributed by atoms with Crippen molar-refractivity contribution >= 4 is 0 Å². The fraction of sp³-hybridized carbons (Fsp3) is 0.364. The number of ether oxygens (including phenoxy) is 1. The second kappa shape index (κ2) is 4.51. The summed E-state index contributed by atoms with van der Waals surface area (Å²) >= 11 is 0. The molecule has 2 nitrogen and oxygen atoms in total. The first-order valence-corrected chi connectivity index (χ1v) is 4.29. The van der Waals surface area contributed by atoms with Crippen LogP contribution in [0.3, 0.4) is 0 Å². The van der Waals surface area contributed by atoms with Crippen molar-refractivity contribution in [2.75, 3.05) is 7.11 Å². The summed E-state index contributed by atoms with van der Waals surface area (Å²) in [6, 6.07) is 10.0. The molecule has 0 amide bonds. The van der Waals surface area contributed by atoms with Crippen LogP contribution in [0.25, 0.3) is 0 Å². The van der Waals surface area contributed by atoms with Crippen LogP contribution in [0.4, 0.5) is 0 Å². The van der Waals surface area contributed by atoms with Crippen LogP contribution in [-0.2, 0) is 0 Å². The van der Waals surface area contributed by atoms with Crippen LogP contribution in [0.5, 0.6) is 5.75 Å². The van der Waals surface area contributed by atoms with E-state index in [1.165, 1.54) is 0 Å². The Balaban J connectivity index is 2.83. The molecule has 0 unspecified atom stereocenters. The molecule has 0 aliphatic carbocycles. The Kier molecular flexibility index (Phi) is 3.33. The van der Waals surface area contributed by atoms with E-state index < -0.39 is 0 Å². The van der Waals surface area contributed by atoms with E-state index in [-0.39, 0.29) is 5.92 Å². The minimum atomic E-state index is 0.278. The monoisotopic (exact) mass is 175 g/mol. The topological polar surface area (TPSA) is 33.0 Å². The summed E-state index contributed by atoms with van der Waals surface area (Å²) in [5, 5.41) is 8.54. The normalized spacial score (nSPS) is 11.8. The lowest BCUT2D eigenvalue weighted by molar-refractivity contribution is 0.414. The molecule has 0 aliphatic heterocycles. The maximum absolute atomic E-state index is 8.54. The van der Waals surface area contributed by atoms with Crippen LogP contribution in [-0.4, -0.2) is 7.11 Å². The van der Waals surface area contributed by atoms with E-state index in [2.05, 4.69) is 6.07 Å². The van der Waals surface area contributed by atoms with E-state index in [0.717, 1.165) is 11.3 Å². The van der Waals surface area contributed by atoms with Crippen molar-refractivity contribution < 1.29 is 4.74 Å². The average Bonchev–Trinajstić information content (AvgIpc) is 2.18. The van der Waals surface area contributed by atoms with Crippen molar-refractivity contribution in [2.45, 2.75) is 19.3 Å². The third-order valence-corrected chi connectivity index (χ3v) is 2.06. The first kappa shape index (κ1) is 9.60. The van der Waals surface area contributed by atoms with Gasteiger partial charge in [0.25, 0.3) is 0 Å². The van der Waals surface area contributed by atoms with E-state index in [4.69, 9.17) is 10.00 Å². The molecule has 1 atom stereocenters. The van der Waals surface area contributed by atoms with Crippen molar-refractivity contribution in [3.8, 4) is 11.8 Å². The Bertz CT molecular complexity index is 314. The van der Waals surface area contributed by atoms with Gasteiger partial charge in [-0.2, -0.15) is 5.26 Å². The first-order chi connectivity index (χ1) is 6.27. The number of nitrogens with zero attached hydrogens (tertiary/aromatic N) is 1. The van der Waals surface area contributed by atoms with Gasteiger partial charge in [0.1, 0.15) is 5.75 Å². The van der Waals surface area contributed by atoms with Gasteiger partial charge in [-0.15, -0.1) is 0 Å². The summed E-state index contributed by atoms with van der Waals surface area (Å²) in [6.07, 6.45) is 0.549. The van der Waals surface area contributed by atoms with Gasteiger partial charge in [0.2, 0.25) is 0 Å². The summed E-state index contributed by atoms with van der Waals surface area (Å²) in [5.74, 6) is 1.13. The molecule has 0 bridgehead atoms.